The van der Waals surface area contributed by atoms with Crippen molar-refractivity contribution in [2.24, 2.45) is 0 Å². The molecule has 0 aliphatic heterocycles. The number of hydrogen-bond donors (Lipinski definition) is 0. The van der Waals surface area contributed by atoms with E-state index in [4.69, 9.17) is 4.74 Å². The molecular weight excluding hydrogens is 430 g/mol. The van der Waals surface area contributed by atoms with Crippen molar-refractivity contribution in [3.8, 4) is 22.6 Å². The van der Waals surface area contributed by atoms with Crippen LogP contribution in [0.15, 0.2) is 102 Å². The van der Waals surface area contributed by atoms with Crippen molar-refractivity contribution in [1.82, 2.24) is 14.5 Å². The maximum absolute atomic E-state index is 12.7. The SMILES string of the molecule is COc1ccccc1-n1cc(-c2ccccc2)c2c(SCC(=O)c3ccccc3)ncnc21. The smallest absolute Gasteiger partial charge is 0.173 e. The van der Waals surface area contributed by atoms with E-state index in [1.54, 1.807) is 13.4 Å². The van der Waals surface area contributed by atoms with E-state index in [2.05, 4.69) is 28.3 Å². The van der Waals surface area contributed by atoms with Gasteiger partial charge in [0.1, 0.15) is 22.7 Å². The molecule has 0 saturated carbocycles. The van der Waals surface area contributed by atoms with E-state index in [0.29, 0.717) is 11.3 Å². The standard InChI is InChI=1S/C27H21N3O2S/c1-32-24-15-9-8-14-22(24)30-16-21(19-10-4-2-5-11-19)25-26(30)28-18-29-27(25)33-17-23(31)20-12-6-3-7-13-20/h2-16,18H,17H2,1H3. The Kier molecular flexibility index (Phi) is 5.91. The fraction of sp³-hybridized carbons (Fsp3) is 0.0741. The molecule has 0 radical (unpaired) electrons. The quantitative estimate of drug-likeness (QED) is 0.171. The molecule has 162 valence electrons. The molecule has 0 fully saturated rings. The van der Waals surface area contributed by atoms with Crippen LogP contribution < -0.4 is 4.74 Å². The van der Waals surface area contributed by atoms with Crippen LogP contribution in [0.25, 0.3) is 27.8 Å². The van der Waals surface area contributed by atoms with Crippen LogP contribution in [0.5, 0.6) is 5.75 Å². The van der Waals surface area contributed by atoms with Gasteiger partial charge in [0.05, 0.1) is 23.9 Å². The van der Waals surface area contributed by atoms with E-state index in [1.165, 1.54) is 11.8 Å². The second-order valence-corrected chi connectivity index (χ2v) is 8.37. The van der Waals surface area contributed by atoms with Crippen molar-refractivity contribution in [3.63, 3.8) is 0 Å². The van der Waals surface area contributed by atoms with E-state index in [-0.39, 0.29) is 5.78 Å². The Morgan fingerprint density at radius 2 is 1.61 bits per heavy atom. The van der Waals surface area contributed by atoms with Crippen LogP contribution in [0, 0.1) is 0 Å². The zero-order valence-corrected chi connectivity index (χ0v) is 18.8. The summed E-state index contributed by atoms with van der Waals surface area (Å²) in [7, 11) is 1.66. The second-order valence-electron chi connectivity index (χ2n) is 7.41. The number of ketones is 1. The molecule has 0 saturated heterocycles. The topological polar surface area (TPSA) is 57.0 Å². The average molecular weight is 452 g/mol. The van der Waals surface area contributed by atoms with Crippen LogP contribution in [0.1, 0.15) is 10.4 Å². The highest BCUT2D eigenvalue weighted by molar-refractivity contribution is 8.00. The Morgan fingerprint density at radius 1 is 0.909 bits per heavy atom. The Bertz CT molecular complexity index is 1420. The van der Waals surface area contributed by atoms with Gasteiger partial charge in [0.25, 0.3) is 0 Å². The Hall–Kier alpha value is -3.90. The van der Waals surface area contributed by atoms with Gasteiger partial charge in [-0.3, -0.25) is 9.36 Å². The molecule has 6 heteroatoms. The monoisotopic (exact) mass is 451 g/mol. The van der Waals surface area contributed by atoms with E-state index >= 15 is 0 Å². The number of carbonyl (C=O) groups is 1. The molecule has 5 rings (SSSR count). The van der Waals surface area contributed by atoms with E-state index in [9.17, 15) is 4.79 Å². The maximum Gasteiger partial charge on any atom is 0.173 e. The van der Waals surface area contributed by atoms with Crippen molar-refractivity contribution in [2.75, 3.05) is 12.9 Å². The number of methoxy groups -OCH3 is 1. The number of benzene rings is 3. The third kappa shape index (κ3) is 4.13. The number of thioether (sulfide) groups is 1. The number of para-hydroxylation sites is 2. The molecule has 3 aromatic carbocycles. The molecule has 0 amide bonds. The molecule has 2 heterocycles. The lowest BCUT2D eigenvalue weighted by Crippen LogP contribution is -2.02. The fourth-order valence-electron chi connectivity index (χ4n) is 3.83. The zero-order valence-electron chi connectivity index (χ0n) is 18.0. The molecule has 2 aromatic heterocycles. The third-order valence-corrected chi connectivity index (χ3v) is 6.40. The maximum atomic E-state index is 12.7. The largest absolute Gasteiger partial charge is 0.495 e. The predicted octanol–water partition coefficient (Wildman–Crippen LogP) is 6.07. The number of aromatic nitrogens is 3. The highest BCUT2D eigenvalue weighted by Crippen LogP contribution is 2.38. The Morgan fingerprint density at radius 3 is 2.36 bits per heavy atom. The fourth-order valence-corrected chi connectivity index (χ4v) is 4.74. The Balaban J connectivity index is 1.63. The highest BCUT2D eigenvalue weighted by atomic mass is 32.2. The number of fused-ring (bicyclic) bond motifs is 1. The van der Waals surface area contributed by atoms with Crippen molar-refractivity contribution >= 4 is 28.6 Å². The molecule has 0 aliphatic rings. The van der Waals surface area contributed by atoms with Crippen molar-refractivity contribution in [3.05, 3.63) is 103 Å². The summed E-state index contributed by atoms with van der Waals surface area (Å²) in [5, 5.41) is 1.69. The minimum absolute atomic E-state index is 0.0674. The molecule has 0 N–H and O–H groups in total. The molecule has 0 spiro atoms. The zero-order chi connectivity index (χ0) is 22.6. The highest BCUT2D eigenvalue weighted by Gasteiger charge is 2.20. The lowest BCUT2D eigenvalue weighted by Gasteiger charge is -2.10. The van der Waals surface area contributed by atoms with E-state index in [1.807, 2.05) is 77.4 Å². The molecular formula is C27H21N3O2S. The van der Waals surface area contributed by atoms with Crippen molar-refractivity contribution < 1.29 is 9.53 Å². The van der Waals surface area contributed by atoms with Gasteiger partial charge in [-0.25, -0.2) is 9.97 Å². The van der Waals surface area contributed by atoms with E-state index < -0.39 is 0 Å². The summed E-state index contributed by atoms with van der Waals surface area (Å²) in [4.78, 5) is 21.9. The minimum atomic E-state index is 0.0674. The van der Waals surface area contributed by atoms with Crippen LogP contribution in [0.2, 0.25) is 0 Å². The number of Topliss-reactive ketones (excluding diaryl/α,β-unsaturated/α-hetero) is 1. The summed E-state index contributed by atoms with van der Waals surface area (Å²) in [5.41, 5.74) is 4.42. The molecule has 0 atom stereocenters. The number of ether oxygens (including phenoxy) is 1. The summed E-state index contributed by atoms with van der Waals surface area (Å²) in [6.45, 7) is 0. The Labute approximate surface area is 196 Å². The molecule has 5 aromatic rings. The van der Waals surface area contributed by atoms with Gasteiger partial charge in [0.15, 0.2) is 5.78 Å². The number of carbonyl (C=O) groups excluding carboxylic acids is 1. The summed E-state index contributed by atoms with van der Waals surface area (Å²) in [5.74, 6) is 1.11. The molecule has 0 aliphatic carbocycles. The van der Waals surface area contributed by atoms with Crippen molar-refractivity contribution in [1.29, 1.82) is 0 Å². The lowest BCUT2D eigenvalue weighted by atomic mass is 10.1. The van der Waals surface area contributed by atoms with Gasteiger partial charge >= 0.3 is 0 Å². The van der Waals surface area contributed by atoms with Crippen LogP contribution >= 0.6 is 11.8 Å². The third-order valence-electron chi connectivity index (χ3n) is 5.41. The van der Waals surface area contributed by atoms with Crippen LogP contribution in [-0.2, 0) is 0 Å². The van der Waals surface area contributed by atoms with Gasteiger partial charge in [0.2, 0.25) is 0 Å². The minimum Gasteiger partial charge on any atom is -0.495 e. The second kappa shape index (κ2) is 9.30. The first kappa shape index (κ1) is 21.0. The van der Waals surface area contributed by atoms with Crippen LogP contribution in [-0.4, -0.2) is 33.2 Å². The average Bonchev–Trinajstić information content (AvgIpc) is 3.28. The molecule has 33 heavy (non-hydrogen) atoms. The van der Waals surface area contributed by atoms with Gasteiger partial charge in [0, 0.05) is 17.3 Å². The first-order valence-corrected chi connectivity index (χ1v) is 11.5. The van der Waals surface area contributed by atoms with Crippen LogP contribution in [0.4, 0.5) is 0 Å². The van der Waals surface area contributed by atoms with Gasteiger partial charge in [-0.1, -0.05) is 84.6 Å². The summed E-state index contributed by atoms with van der Waals surface area (Å²) in [6.07, 6.45) is 3.62. The van der Waals surface area contributed by atoms with Crippen LogP contribution in [0.3, 0.4) is 0 Å². The van der Waals surface area contributed by atoms with Gasteiger partial charge in [-0.15, -0.1) is 0 Å². The first-order chi connectivity index (χ1) is 16.3. The molecule has 5 nitrogen and oxygen atoms in total. The lowest BCUT2D eigenvalue weighted by molar-refractivity contribution is 0.102. The number of hydrogen-bond acceptors (Lipinski definition) is 5. The van der Waals surface area contributed by atoms with Gasteiger partial charge in [-0.05, 0) is 17.7 Å². The van der Waals surface area contributed by atoms with Gasteiger partial charge < -0.3 is 4.74 Å². The van der Waals surface area contributed by atoms with Crippen molar-refractivity contribution in [2.45, 2.75) is 5.03 Å². The first-order valence-electron chi connectivity index (χ1n) is 10.5. The normalized spacial score (nSPS) is 10.9. The summed E-state index contributed by atoms with van der Waals surface area (Å²) >= 11 is 1.43. The van der Waals surface area contributed by atoms with E-state index in [0.717, 1.165) is 38.6 Å². The number of nitrogens with zero attached hydrogens (tertiary/aromatic N) is 3. The number of rotatable bonds is 7. The molecule has 0 bridgehead atoms. The predicted molar refractivity (Wildman–Crippen MR) is 132 cm³/mol. The van der Waals surface area contributed by atoms with Gasteiger partial charge in [-0.2, -0.15) is 0 Å². The summed E-state index contributed by atoms with van der Waals surface area (Å²) < 4.78 is 7.64. The molecule has 0 unspecified atom stereocenters. The summed E-state index contributed by atoms with van der Waals surface area (Å²) in [6, 6.07) is 27.3.